The average molecular weight is 302 g/mol. The van der Waals surface area contributed by atoms with Crippen LogP contribution < -0.4 is 16.8 Å². The van der Waals surface area contributed by atoms with Crippen LogP contribution in [0.1, 0.15) is 12.5 Å². The first-order valence-electron chi connectivity index (χ1n) is 5.99. The molecule has 6 N–H and O–H groups in total. The summed E-state index contributed by atoms with van der Waals surface area (Å²) in [6.45, 7) is 1.40. The highest BCUT2D eigenvalue weighted by Crippen LogP contribution is 2.03. The molecule has 0 unspecified atom stereocenters. The van der Waals surface area contributed by atoms with E-state index in [1.165, 1.54) is 6.92 Å². The summed E-state index contributed by atoms with van der Waals surface area (Å²) in [5, 5.41) is 11.7. The number of halogens is 1. The highest BCUT2D eigenvalue weighted by atomic mass is 35.5. The van der Waals surface area contributed by atoms with Gasteiger partial charge in [0, 0.05) is 6.42 Å². The van der Waals surface area contributed by atoms with E-state index in [1.54, 1.807) is 0 Å². The number of carbonyl (C=O) groups is 2. The summed E-state index contributed by atoms with van der Waals surface area (Å²) in [6, 6.07) is 7.24. The number of amides is 2. The normalized spacial score (nSPS) is 14.6. The molecule has 1 aromatic rings. The molecule has 20 heavy (non-hydrogen) atoms. The van der Waals surface area contributed by atoms with E-state index in [0.29, 0.717) is 0 Å². The Morgan fingerprint density at radius 2 is 1.85 bits per heavy atom. The highest BCUT2D eigenvalue weighted by Gasteiger charge is 2.24. The van der Waals surface area contributed by atoms with Gasteiger partial charge in [-0.2, -0.15) is 0 Å². The predicted octanol–water partition coefficient (Wildman–Crippen LogP) is -0.671. The Labute approximate surface area is 123 Å². The number of nitrogens with two attached hydrogens (primary N) is 2. The number of hydrogen-bond acceptors (Lipinski definition) is 4. The van der Waals surface area contributed by atoms with E-state index in [4.69, 9.17) is 11.5 Å². The lowest BCUT2D eigenvalue weighted by molar-refractivity contribution is -0.129. The molecule has 2 amide bonds. The van der Waals surface area contributed by atoms with Crippen molar-refractivity contribution in [1.29, 1.82) is 0 Å². The summed E-state index contributed by atoms with van der Waals surface area (Å²) in [5.74, 6) is -1.25. The Bertz CT molecular complexity index is 440. The van der Waals surface area contributed by atoms with Crippen molar-refractivity contribution in [1.82, 2.24) is 5.32 Å². The van der Waals surface area contributed by atoms with E-state index in [2.05, 4.69) is 5.32 Å². The topological polar surface area (TPSA) is 118 Å². The summed E-state index contributed by atoms with van der Waals surface area (Å²) in [4.78, 5) is 23.0. The van der Waals surface area contributed by atoms with Crippen molar-refractivity contribution in [2.45, 2.75) is 31.5 Å². The Morgan fingerprint density at radius 3 is 2.30 bits per heavy atom. The van der Waals surface area contributed by atoms with Crippen LogP contribution in [0.5, 0.6) is 0 Å². The van der Waals surface area contributed by atoms with E-state index in [-0.39, 0.29) is 18.8 Å². The van der Waals surface area contributed by atoms with Gasteiger partial charge in [-0.3, -0.25) is 9.59 Å². The van der Waals surface area contributed by atoms with Gasteiger partial charge in [-0.25, -0.2) is 0 Å². The molecule has 0 saturated heterocycles. The number of nitrogens with one attached hydrogen (secondary N) is 1. The molecule has 0 aliphatic carbocycles. The number of rotatable bonds is 6. The lowest BCUT2D eigenvalue weighted by Crippen LogP contribution is -2.54. The Kier molecular flexibility index (Phi) is 7.83. The van der Waals surface area contributed by atoms with Crippen molar-refractivity contribution in [3.05, 3.63) is 35.9 Å². The monoisotopic (exact) mass is 301 g/mol. The quantitative estimate of drug-likeness (QED) is 0.557. The van der Waals surface area contributed by atoms with E-state index in [9.17, 15) is 14.7 Å². The maximum atomic E-state index is 11.7. The van der Waals surface area contributed by atoms with Gasteiger partial charge in [-0.05, 0) is 12.5 Å². The fourth-order valence-electron chi connectivity index (χ4n) is 1.56. The fraction of sp³-hybridized carbons (Fsp3) is 0.385. The molecule has 1 rings (SSSR count). The summed E-state index contributed by atoms with van der Waals surface area (Å²) >= 11 is 0. The van der Waals surface area contributed by atoms with Crippen molar-refractivity contribution in [3.8, 4) is 0 Å². The second-order valence-corrected chi connectivity index (χ2v) is 4.42. The van der Waals surface area contributed by atoms with Crippen LogP contribution in [0.3, 0.4) is 0 Å². The summed E-state index contributed by atoms with van der Waals surface area (Å²) in [6.07, 6.45) is -0.709. The number of carbonyl (C=O) groups excluding carboxylic acids is 2. The van der Waals surface area contributed by atoms with Gasteiger partial charge < -0.3 is 21.9 Å². The molecule has 0 heterocycles. The van der Waals surface area contributed by atoms with Crippen LogP contribution in [-0.2, 0) is 16.0 Å². The van der Waals surface area contributed by atoms with Crippen LogP contribution in [0.2, 0.25) is 0 Å². The second-order valence-electron chi connectivity index (χ2n) is 4.42. The van der Waals surface area contributed by atoms with Gasteiger partial charge in [-0.1, -0.05) is 30.3 Å². The van der Waals surface area contributed by atoms with Crippen LogP contribution in [0.15, 0.2) is 30.3 Å². The average Bonchev–Trinajstić information content (AvgIpc) is 2.37. The molecule has 3 atom stereocenters. The first-order valence-corrected chi connectivity index (χ1v) is 5.99. The first-order chi connectivity index (χ1) is 8.91. The fourth-order valence-corrected chi connectivity index (χ4v) is 1.56. The van der Waals surface area contributed by atoms with Gasteiger partial charge in [0.25, 0.3) is 0 Å². The summed E-state index contributed by atoms with van der Waals surface area (Å²) < 4.78 is 0. The minimum atomic E-state index is -1.09. The number of aliphatic hydroxyl groups excluding tert-OH is 1. The van der Waals surface area contributed by atoms with Crippen LogP contribution in [-0.4, -0.2) is 35.1 Å². The minimum Gasteiger partial charge on any atom is -0.391 e. The molecule has 7 heteroatoms. The van der Waals surface area contributed by atoms with Crippen molar-refractivity contribution >= 4 is 24.2 Å². The number of primary amides is 1. The standard InChI is InChI=1S/C13H19N3O3.ClH/c1-8(17)11(14)13(19)16-10(12(15)18)7-9-5-3-2-4-6-9;/h2-6,8,10-11,17H,7,14H2,1H3,(H2,15,18)(H,16,19);1H/t8-,10+,11+;/m1./s1. The zero-order chi connectivity index (χ0) is 14.4. The zero-order valence-corrected chi connectivity index (χ0v) is 12.0. The second kappa shape index (κ2) is 8.52. The smallest absolute Gasteiger partial charge is 0.240 e. The molecule has 0 radical (unpaired) electrons. The predicted molar refractivity (Wildman–Crippen MR) is 78.2 cm³/mol. The van der Waals surface area contributed by atoms with Gasteiger partial charge in [0.1, 0.15) is 12.1 Å². The molecular formula is C13H20ClN3O3. The summed E-state index contributed by atoms with van der Waals surface area (Å²) in [5.41, 5.74) is 11.6. The Morgan fingerprint density at radius 1 is 1.30 bits per heavy atom. The molecule has 1 aromatic carbocycles. The van der Waals surface area contributed by atoms with Gasteiger partial charge >= 0.3 is 0 Å². The lowest BCUT2D eigenvalue weighted by atomic mass is 10.0. The van der Waals surface area contributed by atoms with Gasteiger partial charge in [-0.15, -0.1) is 12.4 Å². The van der Waals surface area contributed by atoms with Crippen molar-refractivity contribution in [3.63, 3.8) is 0 Å². The molecule has 0 aromatic heterocycles. The van der Waals surface area contributed by atoms with Crippen LogP contribution >= 0.6 is 12.4 Å². The largest absolute Gasteiger partial charge is 0.391 e. The number of aliphatic hydroxyl groups is 1. The third-order valence-electron chi connectivity index (χ3n) is 2.77. The molecule has 0 spiro atoms. The van der Waals surface area contributed by atoms with Crippen LogP contribution in [0, 0.1) is 0 Å². The molecule has 6 nitrogen and oxygen atoms in total. The van der Waals surface area contributed by atoms with E-state index < -0.39 is 30.0 Å². The first kappa shape index (κ1) is 18.4. The third kappa shape index (κ3) is 5.56. The van der Waals surface area contributed by atoms with Gasteiger partial charge in [0.05, 0.1) is 6.10 Å². The molecule has 0 aliphatic rings. The van der Waals surface area contributed by atoms with Crippen LogP contribution in [0.4, 0.5) is 0 Å². The minimum absolute atomic E-state index is 0. The van der Waals surface area contributed by atoms with E-state index in [1.807, 2.05) is 30.3 Å². The molecule has 0 saturated carbocycles. The van der Waals surface area contributed by atoms with Crippen molar-refractivity contribution in [2.24, 2.45) is 11.5 Å². The van der Waals surface area contributed by atoms with E-state index in [0.717, 1.165) is 5.56 Å². The highest BCUT2D eigenvalue weighted by molar-refractivity contribution is 5.89. The molecular weight excluding hydrogens is 282 g/mol. The summed E-state index contributed by atoms with van der Waals surface area (Å²) in [7, 11) is 0. The molecule has 0 bridgehead atoms. The van der Waals surface area contributed by atoms with Crippen LogP contribution in [0.25, 0.3) is 0 Å². The molecule has 0 aliphatic heterocycles. The van der Waals surface area contributed by atoms with Crippen molar-refractivity contribution < 1.29 is 14.7 Å². The Balaban J connectivity index is 0.00000361. The van der Waals surface area contributed by atoms with Gasteiger partial charge in [0.15, 0.2) is 0 Å². The van der Waals surface area contributed by atoms with Crippen molar-refractivity contribution in [2.75, 3.05) is 0 Å². The zero-order valence-electron chi connectivity index (χ0n) is 11.2. The molecule has 112 valence electrons. The maximum Gasteiger partial charge on any atom is 0.240 e. The van der Waals surface area contributed by atoms with E-state index >= 15 is 0 Å². The SMILES string of the molecule is C[C@@H](O)[C@H](N)C(=O)N[C@@H](Cc1ccccc1)C(N)=O.Cl. The number of hydrogen-bond donors (Lipinski definition) is 4. The Hall–Kier alpha value is -1.63. The number of benzene rings is 1. The van der Waals surface area contributed by atoms with Gasteiger partial charge in [0.2, 0.25) is 11.8 Å². The third-order valence-corrected chi connectivity index (χ3v) is 2.77. The lowest BCUT2D eigenvalue weighted by Gasteiger charge is -2.20. The maximum absolute atomic E-state index is 11.7. The molecule has 0 fully saturated rings.